The van der Waals surface area contributed by atoms with Gasteiger partial charge in [0.1, 0.15) is 0 Å². The average Bonchev–Trinajstić information content (AvgIpc) is 3.23. The molecule has 1 atom stereocenters. The maximum atomic E-state index is 13.4. The van der Waals surface area contributed by atoms with E-state index in [1.54, 1.807) is 42.0 Å². The summed E-state index contributed by atoms with van der Waals surface area (Å²) in [6.07, 6.45) is 6.12. The summed E-state index contributed by atoms with van der Waals surface area (Å²) in [6, 6.07) is 5.20. The van der Waals surface area contributed by atoms with E-state index in [0.29, 0.717) is 18.1 Å². The van der Waals surface area contributed by atoms with Gasteiger partial charge >= 0.3 is 0 Å². The summed E-state index contributed by atoms with van der Waals surface area (Å²) in [5.74, 6) is 0.899. The lowest BCUT2D eigenvalue weighted by molar-refractivity contribution is 0.0695. The number of aromatic nitrogens is 6. The zero-order valence-corrected chi connectivity index (χ0v) is 19.4. The molecule has 0 fully saturated rings. The van der Waals surface area contributed by atoms with Gasteiger partial charge < -0.3 is 4.90 Å². The number of amides is 1. The molecule has 2 aromatic heterocycles. The lowest BCUT2D eigenvalue weighted by Crippen LogP contribution is -2.37. The van der Waals surface area contributed by atoms with Gasteiger partial charge in [-0.05, 0) is 47.9 Å². The third-order valence-corrected chi connectivity index (χ3v) is 6.32. The summed E-state index contributed by atoms with van der Waals surface area (Å²) in [5.41, 5.74) is 0.163. The first kappa shape index (κ1) is 23.1. The minimum Gasteiger partial charge on any atom is -0.328 e. The van der Waals surface area contributed by atoms with Crippen molar-refractivity contribution < 1.29 is 13.2 Å². The monoisotopic (exact) mass is 481 g/mol. The Morgan fingerprint density at radius 1 is 1.26 bits per heavy atom. The van der Waals surface area contributed by atoms with Crippen LogP contribution in [0.15, 0.2) is 41.6 Å². The smallest absolute Gasteiger partial charge is 0.254 e. The number of thioether (sulfide) groups is 1. The van der Waals surface area contributed by atoms with Gasteiger partial charge in [0.25, 0.3) is 11.9 Å². The van der Waals surface area contributed by atoms with Crippen molar-refractivity contribution in [2.24, 2.45) is 0 Å². The van der Waals surface area contributed by atoms with Crippen LogP contribution in [0.2, 0.25) is 5.02 Å². The van der Waals surface area contributed by atoms with Crippen LogP contribution >= 0.6 is 23.4 Å². The minimum absolute atomic E-state index is 0.0247. The second-order valence-electron chi connectivity index (χ2n) is 6.61. The third kappa shape index (κ3) is 5.38. The second-order valence-corrected chi connectivity index (χ2v) is 10.1. The first-order chi connectivity index (χ1) is 14.7. The molecule has 0 aliphatic heterocycles. The maximum Gasteiger partial charge on any atom is 0.254 e. The molecule has 0 spiro atoms. The fraction of sp³-hybridized carbons (Fsp3) is 0.333. The Morgan fingerprint density at radius 3 is 2.61 bits per heavy atom. The van der Waals surface area contributed by atoms with Crippen LogP contribution in [-0.4, -0.2) is 74.2 Å². The van der Waals surface area contributed by atoms with Gasteiger partial charge in [-0.2, -0.15) is 16.4 Å². The van der Waals surface area contributed by atoms with Gasteiger partial charge in [-0.1, -0.05) is 11.6 Å². The number of nitrogens with zero attached hydrogens (tertiary/aromatic N) is 7. The summed E-state index contributed by atoms with van der Waals surface area (Å²) in [4.78, 5) is 23.3. The van der Waals surface area contributed by atoms with E-state index in [1.165, 1.54) is 22.9 Å². The molecule has 0 saturated carbocycles. The standard InChI is InChI=1S/C18H20ClN7O3S2/c1-12(16-22-23-24-26(16)18-20-5-4-6-21-18)25(7-8-30-2)17(27)13-9-14(19)11-15(10-13)31(3,28)29/h4-6,9-12H,7-8H2,1-3H3. The molecule has 0 aliphatic carbocycles. The van der Waals surface area contributed by atoms with Crippen molar-refractivity contribution >= 4 is 39.1 Å². The van der Waals surface area contributed by atoms with Crippen LogP contribution in [0.25, 0.3) is 5.95 Å². The van der Waals surface area contributed by atoms with Crippen molar-refractivity contribution in [1.29, 1.82) is 0 Å². The van der Waals surface area contributed by atoms with Gasteiger partial charge in [0.15, 0.2) is 15.7 Å². The molecule has 31 heavy (non-hydrogen) atoms. The molecule has 10 nitrogen and oxygen atoms in total. The van der Waals surface area contributed by atoms with Crippen LogP contribution in [0.1, 0.15) is 29.1 Å². The van der Waals surface area contributed by atoms with E-state index in [4.69, 9.17) is 11.6 Å². The maximum absolute atomic E-state index is 13.4. The SMILES string of the molecule is CSCCN(C(=O)c1cc(Cl)cc(S(C)(=O)=O)c1)C(C)c1nnnn1-c1ncccn1. The van der Waals surface area contributed by atoms with Gasteiger partial charge in [0, 0.05) is 41.5 Å². The summed E-state index contributed by atoms with van der Waals surface area (Å²) < 4.78 is 25.4. The van der Waals surface area contributed by atoms with Gasteiger partial charge in [-0.3, -0.25) is 4.79 Å². The Kier molecular flexibility index (Phi) is 7.23. The Bertz CT molecular complexity index is 1170. The molecule has 3 rings (SSSR count). The van der Waals surface area contributed by atoms with E-state index in [2.05, 4.69) is 25.5 Å². The van der Waals surface area contributed by atoms with E-state index < -0.39 is 21.8 Å². The Labute approximate surface area is 188 Å². The molecule has 3 aromatic rings. The number of hydrogen-bond acceptors (Lipinski definition) is 9. The van der Waals surface area contributed by atoms with Crippen molar-refractivity contribution in [3.05, 3.63) is 53.1 Å². The zero-order chi connectivity index (χ0) is 22.6. The van der Waals surface area contributed by atoms with Gasteiger partial charge in [0.05, 0.1) is 10.9 Å². The number of tetrazole rings is 1. The molecule has 1 aromatic carbocycles. The van der Waals surface area contributed by atoms with E-state index in [-0.39, 0.29) is 21.4 Å². The number of benzene rings is 1. The van der Waals surface area contributed by atoms with Gasteiger partial charge in [-0.15, -0.1) is 5.10 Å². The summed E-state index contributed by atoms with van der Waals surface area (Å²) in [7, 11) is -3.54. The number of sulfone groups is 1. The second kappa shape index (κ2) is 9.71. The highest BCUT2D eigenvalue weighted by Gasteiger charge is 2.28. The zero-order valence-electron chi connectivity index (χ0n) is 17.0. The van der Waals surface area contributed by atoms with Crippen LogP contribution < -0.4 is 0 Å². The molecule has 0 radical (unpaired) electrons. The molecular weight excluding hydrogens is 462 g/mol. The van der Waals surface area contributed by atoms with E-state index in [0.717, 1.165) is 6.26 Å². The fourth-order valence-electron chi connectivity index (χ4n) is 2.86. The van der Waals surface area contributed by atoms with Crippen LogP contribution in [-0.2, 0) is 9.84 Å². The predicted octanol–water partition coefficient (Wildman–Crippen LogP) is 2.08. The van der Waals surface area contributed by atoms with E-state index >= 15 is 0 Å². The van der Waals surface area contributed by atoms with Crippen molar-refractivity contribution in [3.63, 3.8) is 0 Å². The first-order valence-electron chi connectivity index (χ1n) is 9.08. The molecule has 0 aliphatic rings. The largest absolute Gasteiger partial charge is 0.328 e. The first-order valence-corrected chi connectivity index (χ1v) is 12.7. The fourth-order valence-corrected chi connectivity index (χ4v) is 4.22. The Morgan fingerprint density at radius 2 is 1.97 bits per heavy atom. The molecular formula is C18H20ClN7O3S2. The number of rotatable bonds is 8. The lowest BCUT2D eigenvalue weighted by Gasteiger charge is -2.28. The molecule has 1 unspecified atom stereocenters. The van der Waals surface area contributed by atoms with Crippen LogP contribution in [0.4, 0.5) is 0 Å². The summed E-state index contributed by atoms with van der Waals surface area (Å²) >= 11 is 7.67. The Hall–Kier alpha value is -2.57. The third-order valence-electron chi connectivity index (χ3n) is 4.42. The van der Waals surface area contributed by atoms with Crippen LogP contribution in [0, 0.1) is 0 Å². The summed E-state index contributed by atoms with van der Waals surface area (Å²) in [5, 5.41) is 11.9. The van der Waals surface area contributed by atoms with Crippen molar-refractivity contribution in [3.8, 4) is 5.95 Å². The highest BCUT2D eigenvalue weighted by atomic mass is 35.5. The number of carbonyl (C=O) groups excluding carboxylic acids is 1. The molecule has 0 bridgehead atoms. The summed E-state index contributed by atoms with van der Waals surface area (Å²) in [6.45, 7) is 2.16. The highest BCUT2D eigenvalue weighted by Crippen LogP contribution is 2.25. The molecule has 1 amide bonds. The molecule has 13 heteroatoms. The minimum atomic E-state index is -3.54. The molecule has 0 N–H and O–H groups in total. The average molecular weight is 482 g/mol. The molecule has 164 valence electrons. The predicted molar refractivity (Wildman–Crippen MR) is 117 cm³/mol. The molecule has 2 heterocycles. The van der Waals surface area contributed by atoms with E-state index in [1.807, 2.05) is 6.26 Å². The number of carbonyl (C=O) groups is 1. The van der Waals surface area contributed by atoms with Crippen LogP contribution in [0.5, 0.6) is 0 Å². The van der Waals surface area contributed by atoms with E-state index in [9.17, 15) is 13.2 Å². The van der Waals surface area contributed by atoms with Gasteiger partial charge in [0.2, 0.25) is 0 Å². The molecule has 0 saturated heterocycles. The van der Waals surface area contributed by atoms with Crippen molar-refractivity contribution in [1.82, 2.24) is 35.1 Å². The van der Waals surface area contributed by atoms with Crippen molar-refractivity contribution in [2.45, 2.75) is 17.9 Å². The van der Waals surface area contributed by atoms with Crippen molar-refractivity contribution in [2.75, 3.05) is 24.8 Å². The van der Waals surface area contributed by atoms with Crippen LogP contribution in [0.3, 0.4) is 0 Å². The topological polar surface area (TPSA) is 124 Å². The van der Waals surface area contributed by atoms with Gasteiger partial charge in [-0.25, -0.2) is 18.4 Å². The quantitative estimate of drug-likeness (QED) is 0.475. The highest BCUT2D eigenvalue weighted by molar-refractivity contribution is 7.98. The normalized spacial score (nSPS) is 12.5. The number of hydrogen-bond donors (Lipinski definition) is 0. The Balaban J connectivity index is 2.01. The number of halogens is 1. The lowest BCUT2D eigenvalue weighted by atomic mass is 10.1.